The number of nitrogens with one attached hydrogen (secondary N) is 2. The van der Waals surface area contributed by atoms with Crippen molar-refractivity contribution in [1.29, 1.82) is 0 Å². The van der Waals surface area contributed by atoms with Crippen molar-refractivity contribution in [3.05, 3.63) is 58.2 Å². The number of benzene rings is 2. The number of anilines is 1. The van der Waals surface area contributed by atoms with Crippen LogP contribution in [0.3, 0.4) is 0 Å². The van der Waals surface area contributed by atoms with Gasteiger partial charge in [0.15, 0.2) is 11.5 Å². The lowest BCUT2D eigenvalue weighted by atomic mass is 10.1. The molecule has 4 rings (SSSR count). The topological polar surface area (TPSA) is 97.0 Å². The Hall–Kier alpha value is -3.52. The molecule has 9 heteroatoms. The smallest absolute Gasteiger partial charge is 0.329 e. The highest BCUT2D eigenvalue weighted by Crippen LogP contribution is 2.37. The molecule has 1 fully saturated rings. The molecule has 2 N–H and O–H groups in total. The van der Waals surface area contributed by atoms with Crippen LogP contribution in [-0.4, -0.2) is 36.1 Å². The van der Waals surface area contributed by atoms with Crippen LogP contribution in [-0.2, 0) is 9.59 Å². The molecule has 2 aromatic carbocycles. The Morgan fingerprint density at radius 2 is 1.90 bits per heavy atom. The minimum absolute atomic E-state index is 0.0129. The summed E-state index contributed by atoms with van der Waals surface area (Å²) >= 11 is 6.21. The van der Waals surface area contributed by atoms with Crippen LogP contribution in [0.5, 0.6) is 11.5 Å². The monoisotopic (exact) mass is 413 g/mol. The van der Waals surface area contributed by atoms with Crippen LogP contribution >= 0.6 is 11.6 Å². The Bertz CT molecular complexity index is 1050. The van der Waals surface area contributed by atoms with Gasteiger partial charge in [-0.25, -0.2) is 9.69 Å². The van der Waals surface area contributed by atoms with Crippen LogP contribution in [0.2, 0.25) is 5.02 Å². The summed E-state index contributed by atoms with van der Waals surface area (Å²) in [5.41, 5.74) is 2.12. The van der Waals surface area contributed by atoms with Crippen molar-refractivity contribution >= 4 is 41.2 Å². The summed E-state index contributed by atoms with van der Waals surface area (Å²) in [6.45, 7) is 1.61. The van der Waals surface area contributed by atoms with Gasteiger partial charge in [0.25, 0.3) is 5.91 Å². The first-order valence-corrected chi connectivity index (χ1v) is 9.09. The third kappa shape index (κ3) is 3.88. The number of hydrogen-bond donors (Lipinski definition) is 2. The van der Waals surface area contributed by atoms with Gasteiger partial charge in [-0.15, -0.1) is 0 Å². The molecule has 0 unspecified atom stereocenters. The fourth-order valence-corrected chi connectivity index (χ4v) is 3.10. The summed E-state index contributed by atoms with van der Waals surface area (Å²) in [5.74, 6) is -0.108. The average Bonchev–Trinajstić information content (AvgIpc) is 3.23. The molecule has 8 nitrogen and oxygen atoms in total. The van der Waals surface area contributed by atoms with Gasteiger partial charge in [0, 0.05) is 11.8 Å². The van der Waals surface area contributed by atoms with E-state index in [0.29, 0.717) is 27.8 Å². The predicted molar refractivity (Wildman–Crippen MR) is 106 cm³/mol. The number of aryl methyl sites for hydroxylation is 1. The highest BCUT2D eigenvalue weighted by molar-refractivity contribution is 6.32. The summed E-state index contributed by atoms with van der Waals surface area (Å²) < 4.78 is 10.5. The molecule has 0 saturated carbocycles. The molecule has 1 saturated heterocycles. The number of halogens is 1. The number of nitrogens with zero attached hydrogens (tertiary/aromatic N) is 1. The number of ether oxygens (including phenoxy) is 2. The molecule has 2 heterocycles. The molecule has 0 aliphatic carbocycles. The van der Waals surface area contributed by atoms with E-state index in [4.69, 9.17) is 21.1 Å². The van der Waals surface area contributed by atoms with Crippen molar-refractivity contribution < 1.29 is 23.9 Å². The number of imide groups is 1. The minimum Gasteiger partial charge on any atom is -0.454 e. The zero-order valence-electron chi connectivity index (χ0n) is 15.3. The zero-order valence-corrected chi connectivity index (χ0v) is 16.1. The molecular weight excluding hydrogens is 398 g/mol. The van der Waals surface area contributed by atoms with E-state index in [1.54, 1.807) is 24.3 Å². The highest BCUT2D eigenvalue weighted by Gasteiger charge is 2.35. The van der Waals surface area contributed by atoms with Gasteiger partial charge in [-0.1, -0.05) is 29.3 Å². The maximum atomic E-state index is 12.6. The van der Waals surface area contributed by atoms with Gasteiger partial charge in [0.2, 0.25) is 12.7 Å². The van der Waals surface area contributed by atoms with E-state index in [2.05, 4.69) is 10.6 Å². The molecule has 4 amide bonds. The Labute approximate surface area is 171 Å². The van der Waals surface area contributed by atoms with Crippen LogP contribution < -0.4 is 20.1 Å². The fourth-order valence-electron chi connectivity index (χ4n) is 2.90. The Morgan fingerprint density at radius 3 is 2.62 bits per heavy atom. The molecule has 2 aromatic rings. The normalized spacial score (nSPS) is 16.3. The third-order valence-electron chi connectivity index (χ3n) is 4.39. The van der Waals surface area contributed by atoms with E-state index in [9.17, 15) is 14.4 Å². The maximum Gasteiger partial charge on any atom is 0.329 e. The van der Waals surface area contributed by atoms with Crippen molar-refractivity contribution in [2.45, 2.75) is 6.92 Å². The van der Waals surface area contributed by atoms with Crippen molar-refractivity contribution in [1.82, 2.24) is 10.2 Å². The largest absolute Gasteiger partial charge is 0.454 e. The molecule has 148 valence electrons. The second kappa shape index (κ2) is 7.48. The second-order valence-corrected chi connectivity index (χ2v) is 6.93. The predicted octanol–water partition coefficient (Wildman–Crippen LogP) is 2.91. The molecule has 0 aromatic heterocycles. The summed E-state index contributed by atoms with van der Waals surface area (Å²) in [6, 6.07) is 9.68. The molecule has 29 heavy (non-hydrogen) atoms. The molecular formula is C20H16ClN3O5. The van der Waals surface area contributed by atoms with Gasteiger partial charge in [0.05, 0.1) is 5.02 Å². The van der Waals surface area contributed by atoms with Crippen LogP contribution in [0, 0.1) is 6.92 Å². The highest BCUT2D eigenvalue weighted by atomic mass is 35.5. The number of rotatable bonds is 4. The minimum atomic E-state index is -0.683. The maximum absolute atomic E-state index is 12.6. The lowest BCUT2D eigenvalue weighted by molar-refractivity contribution is -0.127. The zero-order chi connectivity index (χ0) is 20.5. The van der Waals surface area contributed by atoms with Crippen molar-refractivity contribution in [2.75, 3.05) is 18.7 Å². The van der Waals surface area contributed by atoms with Crippen molar-refractivity contribution in [3.63, 3.8) is 0 Å². The molecule has 2 aliphatic rings. The summed E-state index contributed by atoms with van der Waals surface area (Å²) in [7, 11) is 0. The molecule has 0 radical (unpaired) electrons. The Kier molecular flexibility index (Phi) is 4.85. The number of hydrogen-bond acceptors (Lipinski definition) is 5. The van der Waals surface area contributed by atoms with Crippen LogP contribution in [0.25, 0.3) is 6.08 Å². The van der Waals surface area contributed by atoms with Gasteiger partial charge in [-0.05, 0) is 36.8 Å². The van der Waals surface area contributed by atoms with Crippen molar-refractivity contribution in [3.8, 4) is 11.5 Å². The summed E-state index contributed by atoms with van der Waals surface area (Å²) in [4.78, 5) is 37.8. The van der Waals surface area contributed by atoms with E-state index in [1.807, 2.05) is 19.1 Å². The first-order chi connectivity index (χ1) is 13.9. The van der Waals surface area contributed by atoms with Crippen molar-refractivity contribution in [2.24, 2.45) is 0 Å². The van der Waals surface area contributed by atoms with Gasteiger partial charge in [-0.2, -0.15) is 0 Å². The first-order valence-electron chi connectivity index (χ1n) is 8.71. The fraction of sp³-hybridized carbons (Fsp3) is 0.150. The van der Waals surface area contributed by atoms with Gasteiger partial charge in [-0.3, -0.25) is 9.59 Å². The standard InChI is InChI=1S/C20H16ClN3O5/c1-11-2-4-13(5-3-11)22-18(25)9-24-19(26)15(23-20(24)27)6-12-7-16-17(8-14(12)21)29-10-28-16/h2-8H,9-10H2,1H3,(H,22,25)(H,23,27)/b15-6+. The molecule has 0 bridgehead atoms. The number of fused-ring (bicyclic) bond motifs is 1. The molecule has 2 aliphatic heterocycles. The average molecular weight is 414 g/mol. The first kappa shape index (κ1) is 18.8. The number of carbonyl (C=O) groups is 3. The van der Waals surface area contributed by atoms with Gasteiger partial charge in [0.1, 0.15) is 12.2 Å². The summed E-state index contributed by atoms with van der Waals surface area (Å²) in [5, 5.41) is 5.45. The third-order valence-corrected chi connectivity index (χ3v) is 4.72. The van der Waals surface area contributed by atoms with Crippen LogP contribution in [0.15, 0.2) is 42.1 Å². The lowest BCUT2D eigenvalue weighted by Gasteiger charge is -2.12. The number of urea groups is 1. The quantitative estimate of drug-likeness (QED) is 0.593. The van der Waals surface area contributed by atoms with E-state index in [0.717, 1.165) is 10.5 Å². The second-order valence-electron chi connectivity index (χ2n) is 6.52. The number of amides is 4. The van der Waals surface area contributed by atoms with Crippen LogP contribution in [0.1, 0.15) is 11.1 Å². The Morgan fingerprint density at radius 1 is 1.21 bits per heavy atom. The Balaban J connectivity index is 1.48. The molecule has 0 atom stereocenters. The van der Waals surface area contributed by atoms with E-state index < -0.39 is 24.4 Å². The molecule has 0 spiro atoms. The van der Waals surface area contributed by atoms with E-state index in [-0.39, 0.29) is 12.5 Å². The lowest BCUT2D eigenvalue weighted by Crippen LogP contribution is -2.38. The SMILES string of the molecule is Cc1ccc(NC(=O)CN2C(=O)N/C(=C/c3cc4c(cc3Cl)OCO4)C2=O)cc1. The van der Waals surface area contributed by atoms with Gasteiger partial charge < -0.3 is 20.1 Å². The van der Waals surface area contributed by atoms with E-state index >= 15 is 0 Å². The summed E-state index contributed by atoms with van der Waals surface area (Å²) in [6.07, 6.45) is 1.43. The van der Waals surface area contributed by atoms with Crippen LogP contribution in [0.4, 0.5) is 10.5 Å². The van der Waals surface area contributed by atoms with Gasteiger partial charge >= 0.3 is 6.03 Å². The number of carbonyl (C=O) groups excluding carboxylic acids is 3. The van der Waals surface area contributed by atoms with E-state index in [1.165, 1.54) is 6.08 Å².